The summed E-state index contributed by atoms with van der Waals surface area (Å²) in [6.07, 6.45) is -7.93. The lowest BCUT2D eigenvalue weighted by Gasteiger charge is -2.34. The number of carboxylic acid groups (broad SMARTS) is 2. The van der Waals surface area contributed by atoms with E-state index in [0.29, 0.717) is 6.54 Å². The number of rotatable bonds is 2. The number of carboxylic acids is 2. The highest BCUT2D eigenvalue weighted by molar-refractivity contribution is 5.97. The molecule has 2 aliphatic rings. The van der Waals surface area contributed by atoms with Gasteiger partial charge in [-0.25, -0.2) is 9.59 Å². The zero-order valence-corrected chi connectivity index (χ0v) is 19.3. The van der Waals surface area contributed by atoms with Gasteiger partial charge in [-0.3, -0.25) is 4.79 Å². The van der Waals surface area contributed by atoms with E-state index >= 15 is 0 Å². The molecule has 2 aliphatic heterocycles. The van der Waals surface area contributed by atoms with Crippen LogP contribution in [-0.2, 0) is 19.8 Å². The van der Waals surface area contributed by atoms with Gasteiger partial charge in [0, 0.05) is 17.6 Å². The first kappa shape index (κ1) is 30.2. The van der Waals surface area contributed by atoms with Crippen molar-refractivity contribution >= 4 is 23.5 Å². The number of hydrogen-bond acceptors (Lipinski definition) is 5. The van der Waals surface area contributed by atoms with Gasteiger partial charge >= 0.3 is 24.3 Å². The number of likely N-dealkylation sites (N-methyl/N-ethyl adjacent to an activating group) is 1. The molecular formula is C21H27F6N3O5. The summed E-state index contributed by atoms with van der Waals surface area (Å²) in [7, 11) is 3.90. The molecule has 0 unspecified atom stereocenters. The Kier molecular flexibility index (Phi) is 10.1. The minimum Gasteiger partial charge on any atom is -0.475 e. The van der Waals surface area contributed by atoms with Crippen LogP contribution in [0.2, 0.25) is 0 Å². The number of nitrogens with zero attached hydrogens (tertiary/aromatic N) is 2. The average molecular weight is 515 g/mol. The number of piperidine rings is 1. The van der Waals surface area contributed by atoms with Crippen LogP contribution < -0.4 is 10.2 Å². The number of carbonyl (C=O) groups is 3. The molecule has 3 N–H and O–H groups in total. The van der Waals surface area contributed by atoms with Crippen molar-refractivity contribution in [1.82, 2.24) is 10.2 Å². The van der Waals surface area contributed by atoms with E-state index in [1.165, 1.54) is 11.1 Å². The van der Waals surface area contributed by atoms with Crippen LogP contribution in [0.25, 0.3) is 0 Å². The number of hydrogen-bond donors (Lipinski definition) is 3. The fraction of sp³-hybridized carbons (Fsp3) is 0.571. The van der Waals surface area contributed by atoms with Gasteiger partial charge in [0.1, 0.15) is 0 Å². The quantitative estimate of drug-likeness (QED) is 0.520. The second-order valence-corrected chi connectivity index (χ2v) is 8.37. The van der Waals surface area contributed by atoms with Crippen LogP contribution in [-0.4, -0.2) is 85.6 Å². The minimum atomic E-state index is -5.08. The summed E-state index contributed by atoms with van der Waals surface area (Å²) < 4.78 is 63.5. The van der Waals surface area contributed by atoms with Crippen molar-refractivity contribution in [3.8, 4) is 0 Å². The third-order valence-corrected chi connectivity index (χ3v) is 5.27. The topological polar surface area (TPSA) is 110 Å². The Morgan fingerprint density at radius 3 is 1.86 bits per heavy atom. The van der Waals surface area contributed by atoms with Crippen LogP contribution in [0.3, 0.4) is 0 Å². The molecule has 1 saturated heterocycles. The summed E-state index contributed by atoms with van der Waals surface area (Å²) in [5, 5.41) is 17.7. The van der Waals surface area contributed by atoms with Crippen LogP contribution in [0.4, 0.5) is 32.0 Å². The van der Waals surface area contributed by atoms with E-state index in [9.17, 15) is 31.1 Å². The van der Waals surface area contributed by atoms with Crippen molar-refractivity contribution in [1.29, 1.82) is 0 Å². The number of anilines is 1. The molecule has 0 bridgehead atoms. The van der Waals surface area contributed by atoms with Gasteiger partial charge in [-0.2, -0.15) is 26.3 Å². The number of nitrogens with one attached hydrogen (secondary N) is 1. The first-order chi connectivity index (χ1) is 15.9. The first-order valence-electron chi connectivity index (χ1n) is 10.3. The van der Waals surface area contributed by atoms with Gasteiger partial charge in [0.05, 0.1) is 6.54 Å². The second kappa shape index (κ2) is 11.7. The number of amides is 1. The van der Waals surface area contributed by atoms with Crippen molar-refractivity contribution in [3.05, 3.63) is 29.3 Å². The van der Waals surface area contributed by atoms with E-state index in [2.05, 4.69) is 30.4 Å². The average Bonchev–Trinajstić information content (AvgIpc) is 3.01. The Balaban J connectivity index is 0.000000362. The molecule has 2 heterocycles. The van der Waals surface area contributed by atoms with E-state index in [1.807, 2.05) is 23.9 Å². The SMILES string of the molecule is Cc1ccc2c(c1)C1(CCNCC1)CN2C(=O)CN(C)C.O=C(O)C(F)(F)F.O=C(O)C(F)(F)F. The van der Waals surface area contributed by atoms with Crippen LogP contribution in [0, 0.1) is 6.92 Å². The maximum absolute atomic E-state index is 12.6. The number of aliphatic carboxylic acids is 2. The molecule has 14 heteroatoms. The summed E-state index contributed by atoms with van der Waals surface area (Å²) in [5.41, 5.74) is 3.97. The molecule has 1 spiro atoms. The van der Waals surface area contributed by atoms with Gasteiger partial charge in [0.2, 0.25) is 5.91 Å². The maximum Gasteiger partial charge on any atom is 0.490 e. The molecule has 3 rings (SSSR count). The zero-order chi connectivity index (χ0) is 27.2. The Morgan fingerprint density at radius 1 is 1.00 bits per heavy atom. The minimum absolute atomic E-state index is 0.161. The van der Waals surface area contributed by atoms with Crippen molar-refractivity contribution in [2.24, 2.45) is 0 Å². The Morgan fingerprint density at radius 2 is 1.46 bits per heavy atom. The third kappa shape index (κ3) is 8.69. The zero-order valence-electron chi connectivity index (χ0n) is 19.3. The van der Waals surface area contributed by atoms with Gasteiger partial charge in [-0.05, 0) is 58.6 Å². The lowest BCUT2D eigenvalue weighted by molar-refractivity contribution is -0.193. The van der Waals surface area contributed by atoms with Crippen molar-refractivity contribution in [2.45, 2.75) is 37.5 Å². The third-order valence-electron chi connectivity index (χ3n) is 5.27. The molecule has 1 aromatic carbocycles. The van der Waals surface area contributed by atoms with Crippen molar-refractivity contribution in [3.63, 3.8) is 0 Å². The van der Waals surface area contributed by atoms with E-state index < -0.39 is 24.3 Å². The number of fused-ring (bicyclic) bond motifs is 2. The van der Waals surface area contributed by atoms with Crippen LogP contribution in [0.15, 0.2) is 18.2 Å². The Bertz CT molecular complexity index is 888. The molecule has 1 amide bonds. The van der Waals surface area contributed by atoms with Gasteiger partial charge < -0.3 is 25.3 Å². The van der Waals surface area contributed by atoms with Crippen LogP contribution in [0.5, 0.6) is 0 Å². The highest BCUT2D eigenvalue weighted by Gasteiger charge is 2.45. The summed E-state index contributed by atoms with van der Waals surface area (Å²) >= 11 is 0. The first-order valence-corrected chi connectivity index (χ1v) is 10.3. The Labute approximate surface area is 197 Å². The molecule has 198 valence electrons. The van der Waals surface area contributed by atoms with Crippen LogP contribution in [0.1, 0.15) is 24.0 Å². The predicted molar refractivity (Wildman–Crippen MR) is 113 cm³/mol. The monoisotopic (exact) mass is 515 g/mol. The standard InChI is InChI=1S/C17H25N3O.2C2HF3O2/c1-13-4-5-15-14(10-13)17(6-8-18-9-7-17)12-20(15)16(21)11-19(2)3;2*3-2(4,5)1(6)7/h4-5,10,18H,6-9,11-12H2,1-3H3;2*(H,6,7). The second-order valence-electron chi connectivity index (χ2n) is 8.37. The van der Waals surface area contributed by atoms with Crippen molar-refractivity contribution < 1.29 is 50.9 Å². The van der Waals surface area contributed by atoms with Crippen molar-refractivity contribution in [2.75, 3.05) is 45.2 Å². The van der Waals surface area contributed by atoms with E-state index in [0.717, 1.165) is 38.2 Å². The maximum atomic E-state index is 12.6. The van der Waals surface area contributed by atoms with E-state index in [1.54, 1.807) is 0 Å². The summed E-state index contributed by atoms with van der Waals surface area (Å²) in [4.78, 5) is 34.4. The number of alkyl halides is 6. The van der Waals surface area contributed by atoms with E-state index in [4.69, 9.17) is 19.8 Å². The molecule has 0 aliphatic carbocycles. The summed E-state index contributed by atoms with van der Waals surface area (Å²) in [6, 6.07) is 6.55. The van der Waals surface area contributed by atoms with Gasteiger partial charge in [-0.15, -0.1) is 0 Å². The van der Waals surface area contributed by atoms with Gasteiger partial charge in [-0.1, -0.05) is 17.7 Å². The summed E-state index contributed by atoms with van der Waals surface area (Å²) in [6.45, 7) is 5.55. The fourth-order valence-corrected chi connectivity index (χ4v) is 3.69. The van der Waals surface area contributed by atoms with E-state index in [-0.39, 0.29) is 11.3 Å². The lowest BCUT2D eigenvalue weighted by Crippen LogP contribution is -2.45. The van der Waals surface area contributed by atoms with Gasteiger partial charge in [0.15, 0.2) is 0 Å². The number of aryl methyl sites for hydroxylation is 1. The summed E-state index contributed by atoms with van der Waals surface area (Å²) in [5.74, 6) is -5.31. The normalized spacial score (nSPS) is 16.6. The molecule has 8 nitrogen and oxygen atoms in total. The number of benzene rings is 1. The van der Waals surface area contributed by atoms with Crippen LogP contribution >= 0.6 is 0 Å². The molecule has 1 fully saturated rings. The van der Waals surface area contributed by atoms with Gasteiger partial charge in [0.25, 0.3) is 0 Å². The molecule has 35 heavy (non-hydrogen) atoms. The highest BCUT2D eigenvalue weighted by atomic mass is 19.4. The largest absolute Gasteiger partial charge is 0.490 e. The number of carbonyl (C=O) groups excluding carboxylic acids is 1. The molecule has 1 aromatic rings. The lowest BCUT2D eigenvalue weighted by atomic mass is 9.74. The number of halogens is 6. The fourth-order valence-electron chi connectivity index (χ4n) is 3.69. The predicted octanol–water partition coefficient (Wildman–Crippen LogP) is 2.79. The molecule has 0 atom stereocenters. The Hall–Kier alpha value is -2.87. The smallest absolute Gasteiger partial charge is 0.475 e. The highest BCUT2D eigenvalue weighted by Crippen LogP contribution is 2.46. The molecule has 0 saturated carbocycles. The molecule has 0 radical (unpaired) electrons. The molecular weight excluding hydrogens is 488 g/mol. The molecule has 0 aromatic heterocycles.